The summed E-state index contributed by atoms with van der Waals surface area (Å²) < 4.78 is 2.72. The van der Waals surface area contributed by atoms with Crippen LogP contribution in [0.2, 0.25) is 0 Å². The van der Waals surface area contributed by atoms with Gasteiger partial charge in [-0.1, -0.05) is 24.3 Å². The summed E-state index contributed by atoms with van der Waals surface area (Å²) in [5.74, 6) is -0.865. The molecule has 0 bridgehead atoms. The maximum absolute atomic E-state index is 13.2. The number of aliphatic carboxylic acids is 1. The number of carbonyl (C=O) groups is 2. The van der Waals surface area contributed by atoms with E-state index in [-0.39, 0.29) is 12.5 Å². The van der Waals surface area contributed by atoms with E-state index < -0.39 is 5.97 Å². The first-order chi connectivity index (χ1) is 13.4. The van der Waals surface area contributed by atoms with E-state index in [4.69, 9.17) is 0 Å². The number of carbonyl (C=O) groups excluding carboxylic acids is 1. The number of nitrogens with zero attached hydrogens (tertiary/aromatic N) is 2. The minimum atomic E-state index is -0.858. The molecule has 0 saturated heterocycles. The van der Waals surface area contributed by atoms with Crippen molar-refractivity contribution in [2.75, 3.05) is 6.54 Å². The quantitative estimate of drug-likeness (QED) is 0.659. The zero-order valence-corrected chi connectivity index (χ0v) is 17.4. The number of hydrogen-bond donors (Lipinski definition) is 1. The van der Waals surface area contributed by atoms with Crippen LogP contribution in [0.25, 0.3) is 10.9 Å². The van der Waals surface area contributed by atoms with Gasteiger partial charge in [-0.2, -0.15) is 0 Å². The van der Waals surface area contributed by atoms with E-state index in [1.54, 1.807) is 0 Å². The zero-order chi connectivity index (χ0) is 20.0. The summed E-state index contributed by atoms with van der Waals surface area (Å²) in [6.07, 6.45) is 0.644. The molecule has 144 valence electrons. The number of rotatable bonds is 3. The van der Waals surface area contributed by atoms with Crippen molar-refractivity contribution in [1.82, 2.24) is 9.47 Å². The fraction of sp³-hybridized carbons (Fsp3) is 0.273. The first-order valence-electron chi connectivity index (χ1n) is 9.23. The highest BCUT2D eigenvalue weighted by Gasteiger charge is 2.28. The SMILES string of the molecule is Cc1ccc2c3c(n(CC(=O)O)c2c1)CCN(C(=O)c1cccc(C)c1Br)C3. The molecule has 1 aliphatic heterocycles. The molecule has 1 aliphatic rings. The minimum Gasteiger partial charge on any atom is -0.480 e. The Hall–Kier alpha value is -2.60. The Morgan fingerprint density at radius 3 is 2.71 bits per heavy atom. The average molecular weight is 441 g/mol. The van der Waals surface area contributed by atoms with Gasteiger partial charge in [0.1, 0.15) is 6.54 Å². The maximum atomic E-state index is 13.2. The van der Waals surface area contributed by atoms with Gasteiger partial charge in [0, 0.05) is 46.1 Å². The standard InChI is InChI=1S/C22H21BrN2O3/c1-13-6-7-15-17-11-24(22(28)16-5-3-4-14(2)21(16)23)9-8-18(17)25(12-20(26)27)19(15)10-13/h3-7,10H,8-9,11-12H2,1-2H3,(H,26,27). The third-order valence-corrected chi connectivity index (χ3v) is 6.47. The van der Waals surface area contributed by atoms with Crippen LogP contribution in [0.15, 0.2) is 40.9 Å². The summed E-state index contributed by atoms with van der Waals surface area (Å²) in [7, 11) is 0. The van der Waals surface area contributed by atoms with Crippen molar-refractivity contribution in [2.24, 2.45) is 0 Å². The molecular formula is C22H21BrN2O3. The molecule has 1 N–H and O–H groups in total. The molecule has 4 rings (SSSR count). The van der Waals surface area contributed by atoms with Crippen molar-refractivity contribution in [3.8, 4) is 0 Å². The topological polar surface area (TPSA) is 62.5 Å². The number of fused-ring (bicyclic) bond motifs is 3. The lowest BCUT2D eigenvalue weighted by atomic mass is 10.0. The fourth-order valence-corrected chi connectivity index (χ4v) is 4.46. The Balaban J connectivity index is 1.76. The van der Waals surface area contributed by atoms with Crippen molar-refractivity contribution in [2.45, 2.75) is 33.4 Å². The van der Waals surface area contributed by atoms with E-state index >= 15 is 0 Å². The van der Waals surface area contributed by atoms with E-state index in [1.165, 1.54) is 0 Å². The van der Waals surface area contributed by atoms with Gasteiger partial charge >= 0.3 is 5.97 Å². The van der Waals surface area contributed by atoms with E-state index in [9.17, 15) is 14.7 Å². The molecule has 28 heavy (non-hydrogen) atoms. The summed E-state index contributed by atoms with van der Waals surface area (Å²) in [4.78, 5) is 26.4. The Morgan fingerprint density at radius 2 is 1.96 bits per heavy atom. The Kier molecular flexibility index (Phi) is 4.75. The number of carboxylic acids is 1. The van der Waals surface area contributed by atoms with Crippen molar-refractivity contribution < 1.29 is 14.7 Å². The highest BCUT2D eigenvalue weighted by Crippen LogP contribution is 2.33. The third kappa shape index (κ3) is 3.11. The summed E-state index contributed by atoms with van der Waals surface area (Å²) in [5.41, 5.74) is 5.78. The lowest BCUT2D eigenvalue weighted by Crippen LogP contribution is -2.36. The molecule has 0 unspecified atom stereocenters. The van der Waals surface area contributed by atoms with Crippen LogP contribution in [0.5, 0.6) is 0 Å². The van der Waals surface area contributed by atoms with Crippen molar-refractivity contribution in [1.29, 1.82) is 0 Å². The van der Waals surface area contributed by atoms with Crippen molar-refractivity contribution >= 4 is 38.7 Å². The van der Waals surface area contributed by atoms with Gasteiger partial charge < -0.3 is 14.6 Å². The molecule has 2 aromatic carbocycles. The number of carboxylic acid groups (broad SMARTS) is 1. The first-order valence-corrected chi connectivity index (χ1v) is 10.0. The molecule has 3 aromatic rings. The lowest BCUT2D eigenvalue weighted by molar-refractivity contribution is -0.137. The Bertz CT molecular complexity index is 1120. The average Bonchev–Trinajstić information content (AvgIpc) is 2.95. The monoisotopic (exact) mass is 440 g/mol. The van der Waals surface area contributed by atoms with Crippen molar-refractivity contribution in [3.63, 3.8) is 0 Å². The number of amides is 1. The number of hydrogen-bond acceptors (Lipinski definition) is 2. The number of benzene rings is 2. The number of halogens is 1. The second-order valence-corrected chi connectivity index (χ2v) is 8.13. The largest absolute Gasteiger partial charge is 0.480 e. The highest BCUT2D eigenvalue weighted by atomic mass is 79.9. The van der Waals surface area contributed by atoms with Gasteiger partial charge in [-0.15, -0.1) is 0 Å². The van der Waals surface area contributed by atoms with Gasteiger partial charge in [-0.05, 0) is 53.0 Å². The summed E-state index contributed by atoms with van der Waals surface area (Å²) in [5, 5.41) is 10.4. The maximum Gasteiger partial charge on any atom is 0.323 e. The van der Waals surface area contributed by atoms with Crippen LogP contribution in [-0.4, -0.2) is 33.0 Å². The number of aryl methyl sites for hydroxylation is 2. The third-order valence-electron chi connectivity index (χ3n) is 5.41. The second-order valence-electron chi connectivity index (χ2n) is 7.34. The lowest BCUT2D eigenvalue weighted by Gasteiger charge is -2.28. The summed E-state index contributed by atoms with van der Waals surface area (Å²) in [6, 6.07) is 11.8. The molecule has 0 fully saturated rings. The van der Waals surface area contributed by atoms with Crippen LogP contribution < -0.4 is 0 Å². The number of aromatic nitrogens is 1. The molecule has 2 heterocycles. The van der Waals surface area contributed by atoms with Crippen LogP contribution in [0.4, 0.5) is 0 Å². The van der Waals surface area contributed by atoms with Gasteiger partial charge in [0.05, 0.1) is 5.56 Å². The summed E-state index contributed by atoms with van der Waals surface area (Å²) in [6.45, 7) is 4.97. The Morgan fingerprint density at radius 1 is 1.18 bits per heavy atom. The van der Waals surface area contributed by atoms with Gasteiger partial charge in [0.2, 0.25) is 0 Å². The first kappa shape index (κ1) is 18.7. The highest BCUT2D eigenvalue weighted by molar-refractivity contribution is 9.10. The summed E-state index contributed by atoms with van der Waals surface area (Å²) >= 11 is 3.54. The van der Waals surface area contributed by atoms with Crippen LogP contribution >= 0.6 is 15.9 Å². The molecule has 0 atom stereocenters. The van der Waals surface area contributed by atoms with Crippen LogP contribution in [-0.2, 0) is 24.3 Å². The van der Waals surface area contributed by atoms with Gasteiger partial charge in [0.25, 0.3) is 5.91 Å². The molecule has 0 radical (unpaired) electrons. The van der Waals surface area contributed by atoms with Crippen molar-refractivity contribution in [3.05, 3.63) is 68.8 Å². The van der Waals surface area contributed by atoms with E-state index in [2.05, 4.69) is 15.9 Å². The predicted molar refractivity (Wildman–Crippen MR) is 112 cm³/mol. The molecule has 1 amide bonds. The van der Waals surface area contributed by atoms with Crippen LogP contribution in [0, 0.1) is 13.8 Å². The molecule has 0 saturated carbocycles. The predicted octanol–water partition coefficient (Wildman–Crippen LogP) is 4.30. The fourth-order valence-electron chi connectivity index (χ4n) is 4.03. The van der Waals surface area contributed by atoms with Gasteiger partial charge in [-0.3, -0.25) is 9.59 Å². The van der Waals surface area contributed by atoms with Gasteiger partial charge in [-0.25, -0.2) is 0 Å². The normalized spacial score (nSPS) is 13.6. The molecule has 0 aliphatic carbocycles. The molecule has 5 nitrogen and oxygen atoms in total. The van der Waals surface area contributed by atoms with E-state index in [1.807, 2.05) is 59.7 Å². The molecule has 6 heteroatoms. The Labute approximate surface area is 171 Å². The molecule has 1 aromatic heterocycles. The van der Waals surface area contributed by atoms with Crippen LogP contribution in [0.3, 0.4) is 0 Å². The molecule has 0 spiro atoms. The van der Waals surface area contributed by atoms with Gasteiger partial charge in [0.15, 0.2) is 0 Å². The van der Waals surface area contributed by atoms with E-state index in [0.29, 0.717) is 25.1 Å². The second kappa shape index (κ2) is 7.09. The zero-order valence-electron chi connectivity index (χ0n) is 15.8. The smallest absolute Gasteiger partial charge is 0.323 e. The molecular weight excluding hydrogens is 420 g/mol. The van der Waals surface area contributed by atoms with Crippen LogP contribution in [0.1, 0.15) is 32.7 Å². The minimum absolute atomic E-state index is 0.00697. The van der Waals surface area contributed by atoms with E-state index in [0.717, 1.165) is 37.8 Å².